The summed E-state index contributed by atoms with van der Waals surface area (Å²) in [5.74, 6) is 0.291. The third-order valence-electron chi connectivity index (χ3n) is 3.79. The molecular weight excluding hydrogens is 244 g/mol. The van der Waals surface area contributed by atoms with E-state index in [1.165, 1.54) is 0 Å². The monoisotopic (exact) mass is 264 g/mol. The molecule has 3 atom stereocenters. The van der Waals surface area contributed by atoms with E-state index in [1.54, 1.807) is 4.68 Å². The van der Waals surface area contributed by atoms with Crippen LogP contribution in [0.15, 0.2) is 6.20 Å². The number of hydrogen-bond donors (Lipinski definition) is 1. The number of aromatic nitrogens is 3. The van der Waals surface area contributed by atoms with Gasteiger partial charge >= 0.3 is 0 Å². The molecule has 0 aromatic carbocycles. The van der Waals surface area contributed by atoms with Gasteiger partial charge in [0.05, 0.1) is 12.2 Å². The minimum absolute atomic E-state index is 0.00593. The van der Waals surface area contributed by atoms with E-state index in [2.05, 4.69) is 15.6 Å². The summed E-state index contributed by atoms with van der Waals surface area (Å²) < 4.78 is 7.47. The first-order chi connectivity index (χ1) is 9.22. The maximum atomic E-state index is 11.6. The fraction of sp³-hybridized carbons (Fsp3) is 0.769. The zero-order valence-electron chi connectivity index (χ0n) is 11.2. The van der Waals surface area contributed by atoms with Gasteiger partial charge in [0.1, 0.15) is 11.5 Å². The van der Waals surface area contributed by atoms with E-state index in [1.807, 2.05) is 13.1 Å². The van der Waals surface area contributed by atoms with Crippen molar-refractivity contribution in [3.05, 3.63) is 11.9 Å². The van der Waals surface area contributed by atoms with Crippen molar-refractivity contribution in [1.82, 2.24) is 20.3 Å². The Hall–Kier alpha value is -1.27. The summed E-state index contributed by atoms with van der Waals surface area (Å²) in [5.41, 5.74) is 0.842. The van der Waals surface area contributed by atoms with Crippen LogP contribution in [0.5, 0.6) is 0 Å². The van der Waals surface area contributed by atoms with Gasteiger partial charge in [-0.3, -0.25) is 4.79 Å². The number of piperidine rings is 1. The zero-order chi connectivity index (χ0) is 13.2. The minimum Gasteiger partial charge on any atom is -0.356 e. The number of Topliss-reactive ketones (excluding diaryl/α,β-unsaturated/α-hetero) is 1. The Kier molecular flexibility index (Phi) is 3.61. The fourth-order valence-corrected chi connectivity index (χ4v) is 2.83. The summed E-state index contributed by atoms with van der Waals surface area (Å²) in [6, 6.07) is 0.205. The van der Waals surface area contributed by atoms with Crippen molar-refractivity contribution < 1.29 is 9.53 Å². The summed E-state index contributed by atoms with van der Waals surface area (Å²) in [4.78, 5) is 11.6. The summed E-state index contributed by atoms with van der Waals surface area (Å²) in [6.07, 6.45) is 6.30. The number of rotatable bonds is 2. The Balaban J connectivity index is 1.71. The Labute approximate surface area is 112 Å². The standard InChI is InChI=1S/C13H20N4O2/c1-9-6-10(18)7-11(14-9)12-8-17(16-15-12)13-4-2-3-5-19-13/h8-9,11,13-14H,2-7H2,1H3. The third-order valence-corrected chi connectivity index (χ3v) is 3.79. The molecule has 3 heterocycles. The molecule has 0 amide bonds. The number of ketones is 1. The Morgan fingerprint density at radius 1 is 1.42 bits per heavy atom. The SMILES string of the molecule is CC1CC(=O)CC(c2cn(C3CCCCO3)nn2)N1. The topological polar surface area (TPSA) is 69.0 Å². The van der Waals surface area contributed by atoms with Gasteiger partial charge in [0.15, 0.2) is 6.23 Å². The Morgan fingerprint density at radius 3 is 3.05 bits per heavy atom. The maximum Gasteiger partial charge on any atom is 0.151 e. The molecule has 1 aromatic heterocycles. The van der Waals surface area contributed by atoms with Crippen LogP contribution in [0.2, 0.25) is 0 Å². The van der Waals surface area contributed by atoms with Gasteiger partial charge in [-0.15, -0.1) is 5.10 Å². The van der Waals surface area contributed by atoms with Crippen LogP contribution in [-0.2, 0) is 9.53 Å². The highest BCUT2D eigenvalue weighted by Gasteiger charge is 2.28. The molecule has 1 N–H and O–H groups in total. The van der Waals surface area contributed by atoms with Crippen LogP contribution in [0.25, 0.3) is 0 Å². The summed E-state index contributed by atoms with van der Waals surface area (Å²) in [7, 11) is 0. The molecule has 0 aliphatic carbocycles. The van der Waals surface area contributed by atoms with E-state index in [9.17, 15) is 4.79 Å². The lowest BCUT2D eigenvalue weighted by Crippen LogP contribution is -2.39. The second kappa shape index (κ2) is 5.38. The van der Waals surface area contributed by atoms with Crippen molar-refractivity contribution in [2.24, 2.45) is 0 Å². The maximum absolute atomic E-state index is 11.6. The highest BCUT2D eigenvalue weighted by atomic mass is 16.5. The third kappa shape index (κ3) is 2.84. The van der Waals surface area contributed by atoms with Crippen molar-refractivity contribution in [1.29, 1.82) is 0 Å². The van der Waals surface area contributed by atoms with E-state index >= 15 is 0 Å². The summed E-state index contributed by atoms with van der Waals surface area (Å²) >= 11 is 0. The molecule has 6 heteroatoms. The average molecular weight is 264 g/mol. The normalized spacial score (nSPS) is 32.5. The smallest absolute Gasteiger partial charge is 0.151 e. The number of nitrogens with zero attached hydrogens (tertiary/aromatic N) is 3. The lowest BCUT2D eigenvalue weighted by molar-refractivity contribution is -0.121. The first-order valence-corrected chi connectivity index (χ1v) is 7.03. The molecule has 3 rings (SSSR count). The van der Waals surface area contributed by atoms with Gasteiger partial charge in [-0.05, 0) is 26.2 Å². The molecular formula is C13H20N4O2. The van der Waals surface area contributed by atoms with Crippen LogP contribution < -0.4 is 5.32 Å². The molecule has 2 fully saturated rings. The molecule has 6 nitrogen and oxygen atoms in total. The first kappa shape index (κ1) is 12.7. The van der Waals surface area contributed by atoms with E-state index in [4.69, 9.17) is 4.74 Å². The van der Waals surface area contributed by atoms with Crippen LogP contribution in [0.4, 0.5) is 0 Å². The van der Waals surface area contributed by atoms with Gasteiger partial charge in [0.25, 0.3) is 0 Å². The first-order valence-electron chi connectivity index (χ1n) is 7.03. The van der Waals surface area contributed by atoms with E-state index < -0.39 is 0 Å². The van der Waals surface area contributed by atoms with Crippen molar-refractivity contribution in [2.45, 2.75) is 57.3 Å². The average Bonchev–Trinajstić information content (AvgIpc) is 2.88. The molecule has 0 radical (unpaired) electrons. The minimum atomic E-state index is -0.00593. The van der Waals surface area contributed by atoms with Gasteiger partial charge in [0.2, 0.25) is 0 Å². The van der Waals surface area contributed by atoms with Crippen LogP contribution >= 0.6 is 0 Å². The van der Waals surface area contributed by atoms with Crippen molar-refractivity contribution in [3.63, 3.8) is 0 Å². The fourth-order valence-electron chi connectivity index (χ4n) is 2.83. The van der Waals surface area contributed by atoms with Gasteiger partial charge in [-0.2, -0.15) is 0 Å². The van der Waals surface area contributed by atoms with Gasteiger partial charge in [0, 0.05) is 25.5 Å². The van der Waals surface area contributed by atoms with Gasteiger partial charge < -0.3 is 10.1 Å². The summed E-state index contributed by atoms with van der Waals surface area (Å²) in [6.45, 7) is 2.82. The highest BCUT2D eigenvalue weighted by molar-refractivity contribution is 5.80. The van der Waals surface area contributed by atoms with E-state index in [-0.39, 0.29) is 18.3 Å². The van der Waals surface area contributed by atoms with Crippen molar-refractivity contribution in [2.75, 3.05) is 6.61 Å². The molecule has 19 heavy (non-hydrogen) atoms. The predicted octanol–water partition coefficient (Wildman–Crippen LogP) is 1.36. The lowest BCUT2D eigenvalue weighted by Gasteiger charge is -2.26. The Bertz CT molecular complexity index is 453. The predicted molar refractivity (Wildman–Crippen MR) is 68.4 cm³/mol. The molecule has 2 aliphatic rings. The summed E-state index contributed by atoms with van der Waals surface area (Å²) in [5, 5.41) is 11.8. The molecule has 1 aromatic rings. The van der Waals surface area contributed by atoms with Crippen LogP contribution in [0.3, 0.4) is 0 Å². The second-order valence-electron chi connectivity index (χ2n) is 5.51. The molecule has 0 spiro atoms. The molecule has 2 aliphatic heterocycles. The molecule has 104 valence electrons. The molecule has 3 unspecified atom stereocenters. The molecule has 0 saturated carbocycles. The molecule has 2 saturated heterocycles. The van der Waals surface area contributed by atoms with Crippen LogP contribution in [0, 0.1) is 0 Å². The number of hydrogen-bond acceptors (Lipinski definition) is 5. The number of carbonyl (C=O) groups is 1. The van der Waals surface area contributed by atoms with Gasteiger partial charge in [-0.1, -0.05) is 5.21 Å². The molecule has 0 bridgehead atoms. The van der Waals surface area contributed by atoms with Gasteiger partial charge in [-0.25, -0.2) is 4.68 Å². The quantitative estimate of drug-likeness (QED) is 0.873. The number of nitrogens with one attached hydrogen (secondary N) is 1. The number of ether oxygens (including phenoxy) is 1. The van der Waals surface area contributed by atoms with Crippen molar-refractivity contribution in [3.8, 4) is 0 Å². The number of carbonyl (C=O) groups excluding carboxylic acids is 1. The second-order valence-corrected chi connectivity index (χ2v) is 5.51. The highest BCUT2D eigenvalue weighted by Crippen LogP contribution is 2.25. The zero-order valence-corrected chi connectivity index (χ0v) is 11.2. The van der Waals surface area contributed by atoms with E-state index in [0.717, 1.165) is 31.6 Å². The van der Waals surface area contributed by atoms with Crippen LogP contribution in [-0.4, -0.2) is 33.4 Å². The largest absolute Gasteiger partial charge is 0.356 e. The van der Waals surface area contributed by atoms with E-state index in [0.29, 0.717) is 18.6 Å². The van der Waals surface area contributed by atoms with Crippen LogP contribution in [0.1, 0.15) is 57.0 Å². The Morgan fingerprint density at radius 2 is 2.32 bits per heavy atom. The lowest BCUT2D eigenvalue weighted by atomic mass is 9.96. The van der Waals surface area contributed by atoms with Crippen molar-refractivity contribution >= 4 is 5.78 Å².